The monoisotopic (exact) mass is 430 g/mol. The van der Waals surface area contributed by atoms with Gasteiger partial charge >= 0.3 is 0 Å². The van der Waals surface area contributed by atoms with Gasteiger partial charge in [0, 0.05) is 36.6 Å². The summed E-state index contributed by atoms with van der Waals surface area (Å²) in [5, 5.41) is 2.78. The van der Waals surface area contributed by atoms with Gasteiger partial charge in [-0.05, 0) is 38.1 Å². The van der Waals surface area contributed by atoms with E-state index in [0.29, 0.717) is 5.82 Å². The maximum absolute atomic E-state index is 14.5. The lowest BCUT2D eigenvalue weighted by Gasteiger charge is -2.20. The fourth-order valence-electron chi connectivity index (χ4n) is 3.04. The number of rotatable bonds is 7. The van der Waals surface area contributed by atoms with Gasteiger partial charge in [-0.15, -0.1) is 0 Å². The van der Waals surface area contributed by atoms with Gasteiger partial charge in [0.25, 0.3) is 5.91 Å². The Morgan fingerprint density at radius 1 is 1.13 bits per heavy atom. The van der Waals surface area contributed by atoms with Crippen LogP contribution in [0.2, 0.25) is 0 Å². The highest BCUT2D eigenvalue weighted by molar-refractivity contribution is 7.89. The first-order chi connectivity index (χ1) is 14.2. The quantitative estimate of drug-likeness (QED) is 0.603. The third-order valence-electron chi connectivity index (χ3n) is 4.41. The first kappa shape index (κ1) is 21.7. The number of halogens is 1. The average molecular weight is 431 g/mol. The summed E-state index contributed by atoms with van der Waals surface area (Å²) in [6, 6.07) is 10.7. The van der Waals surface area contributed by atoms with Gasteiger partial charge in [-0.2, -0.15) is 0 Å². The van der Waals surface area contributed by atoms with Crippen molar-refractivity contribution in [1.82, 2.24) is 19.6 Å². The van der Waals surface area contributed by atoms with Gasteiger partial charge in [-0.1, -0.05) is 24.3 Å². The first-order valence-electron chi connectivity index (χ1n) is 9.34. The lowest BCUT2D eigenvalue weighted by atomic mass is 10.0. The molecule has 9 heteroatoms. The molecule has 7 nitrogen and oxygen atoms in total. The predicted octanol–water partition coefficient (Wildman–Crippen LogP) is 2.77. The predicted molar refractivity (Wildman–Crippen MR) is 111 cm³/mol. The molecule has 0 unspecified atom stereocenters. The van der Waals surface area contributed by atoms with E-state index in [1.165, 1.54) is 30.3 Å². The first-order valence-corrected chi connectivity index (χ1v) is 10.8. The van der Waals surface area contributed by atoms with Crippen LogP contribution in [-0.4, -0.2) is 29.9 Å². The van der Waals surface area contributed by atoms with Crippen LogP contribution in [0, 0.1) is 5.82 Å². The second kappa shape index (κ2) is 8.76. The Morgan fingerprint density at radius 2 is 1.87 bits per heavy atom. The molecule has 30 heavy (non-hydrogen) atoms. The van der Waals surface area contributed by atoms with E-state index in [9.17, 15) is 17.6 Å². The summed E-state index contributed by atoms with van der Waals surface area (Å²) in [6.07, 6.45) is 3.25. The second-order valence-corrected chi connectivity index (χ2v) is 8.84. The zero-order valence-electron chi connectivity index (χ0n) is 16.8. The van der Waals surface area contributed by atoms with E-state index >= 15 is 0 Å². The van der Waals surface area contributed by atoms with Crippen LogP contribution in [0.25, 0.3) is 0 Å². The summed E-state index contributed by atoms with van der Waals surface area (Å²) in [5.41, 5.74) is 0.391. The largest absolute Gasteiger partial charge is 0.338 e. The molecule has 0 aliphatic heterocycles. The Balaban J connectivity index is 1.95. The molecule has 0 spiro atoms. The maximum Gasteiger partial charge on any atom is 0.252 e. The number of carbonyl (C=O) groups excluding carboxylic acids is 1. The van der Waals surface area contributed by atoms with Crippen molar-refractivity contribution in [2.24, 2.45) is 7.05 Å². The highest BCUT2D eigenvalue weighted by Crippen LogP contribution is 2.24. The SMILES string of the molecule is CC(C)NS(=O)(=O)c1cccc(C(=O)N[C@@H](c2ccccc2F)c2nccn2C)c1. The third-order valence-corrected chi connectivity index (χ3v) is 6.06. The summed E-state index contributed by atoms with van der Waals surface area (Å²) in [7, 11) is -2.02. The number of nitrogens with zero attached hydrogens (tertiary/aromatic N) is 2. The topological polar surface area (TPSA) is 93.1 Å². The molecule has 0 aliphatic rings. The lowest BCUT2D eigenvalue weighted by Crippen LogP contribution is -2.32. The zero-order valence-corrected chi connectivity index (χ0v) is 17.7. The number of aromatic nitrogens is 2. The smallest absolute Gasteiger partial charge is 0.252 e. The molecule has 0 saturated heterocycles. The molecule has 2 N–H and O–H groups in total. The Bertz CT molecular complexity index is 1160. The van der Waals surface area contributed by atoms with Gasteiger partial charge in [0.2, 0.25) is 10.0 Å². The normalized spacial score (nSPS) is 12.7. The number of aryl methyl sites for hydroxylation is 1. The lowest BCUT2D eigenvalue weighted by molar-refractivity contribution is 0.0940. The van der Waals surface area contributed by atoms with Gasteiger partial charge in [0.15, 0.2) is 0 Å². The van der Waals surface area contributed by atoms with Crippen molar-refractivity contribution in [3.63, 3.8) is 0 Å². The number of hydrogen-bond acceptors (Lipinski definition) is 4. The summed E-state index contributed by atoms with van der Waals surface area (Å²) >= 11 is 0. The van der Waals surface area contributed by atoms with E-state index in [1.54, 1.807) is 56.1 Å². The molecule has 0 radical (unpaired) electrons. The Labute approximate surface area is 175 Å². The van der Waals surface area contributed by atoms with Crippen molar-refractivity contribution in [3.8, 4) is 0 Å². The van der Waals surface area contributed by atoms with E-state index in [2.05, 4.69) is 15.0 Å². The summed E-state index contributed by atoms with van der Waals surface area (Å²) in [6.45, 7) is 3.42. The molecule has 2 aromatic carbocycles. The summed E-state index contributed by atoms with van der Waals surface area (Å²) in [4.78, 5) is 17.2. The molecular formula is C21H23FN4O3S. The van der Waals surface area contributed by atoms with Gasteiger partial charge in [0.1, 0.15) is 17.7 Å². The van der Waals surface area contributed by atoms with Gasteiger partial charge in [0.05, 0.1) is 4.90 Å². The molecule has 0 fully saturated rings. The minimum absolute atomic E-state index is 0.0247. The van der Waals surface area contributed by atoms with Crippen LogP contribution in [0.5, 0.6) is 0 Å². The molecule has 3 rings (SSSR count). The molecule has 0 aliphatic carbocycles. The van der Waals surface area contributed by atoms with Crippen LogP contribution in [0.1, 0.15) is 41.6 Å². The van der Waals surface area contributed by atoms with E-state index in [-0.39, 0.29) is 22.1 Å². The van der Waals surface area contributed by atoms with E-state index in [1.807, 2.05) is 0 Å². The molecule has 1 aromatic heterocycles. The zero-order chi connectivity index (χ0) is 21.9. The maximum atomic E-state index is 14.5. The minimum atomic E-state index is -3.76. The van der Waals surface area contributed by atoms with Crippen LogP contribution in [0.15, 0.2) is 65.8 Å². The van der Waals surface area contributed by atoms with Gasteiger partial charge < -0.3 is 9.88 Å². The number of hydrogen-bond donors (Lipinski definition) is 2. The number of carbonyl (C=O) groups is 1. The molecule has 158 valence electrons. The fourth-order valence-corrected chi connectivity index (χ4v) is 4.34. The van der Waals surface area contributed by atoms with Crippen molar-refractivity contribution >= 4 is 15.9 Å². The molecule has 1 atom stereocenters. The van der Waals surface area contributed by atoms with Crippen molar-refractivity contribution < 1.29 is 17.6 Å². The number of benzene rings is 2. The fraction of sp³-hybridized carbons (Fsp3) is 0.238. The van der Waals surface area contributed by atoms with Crippen LogP contribution >= 0.6 is 0 Å². The van der Waals surface area contributed by atoms with Crippen molar-refractivity contribution in [2.75, 3.05) is 0 Å². The minimum Gasteiger partial charge on any atom is -0.338 e. The standard InChI is InChI=1S/C21H23FN4O3S/c1-14(2)25-30(28,29)16-8-6-7-15(13-16)21(27)24-19(20-23-11-12-26(20)3)17-9-4-5-10-18(17)22/h4-14,19,25H,1-3H3,(H,24,27)/t19-/m0/s1. The summed E-state index contributed by atoms with van der Waals surface area (Å²) in [5.74, 6) is -0.588. The van der Waals surface area contributed by atoms with Crippen molar-refractivity contribution in [3.05, 3.63) is 83.7 Å². The Hall–Kier alpha value is -3.04. The number of amides is 1. The highest BCUT2D eigenvalue weighted by atomic mass is 32.2. The molecule has 1 amide bonds. The number of imidazole rings is 1. The van der Waals surface area contributed by atoms with Gasteiger partial charge in [-0.25, -0.2) is 22.5 Å². The Morgan fingerprint density at radius 3 is 2.50 bits per heavy atom. The highest BCUT2D eigenvalue weighted by Gasteiger charge is 2.25. The van der Waals surface area contributed by atoms with Crippen molar-refractivity contribution in [1.29, 1.82) is 0 Å². The molecule has 0 saturated carbocycles. The van der Waals surface area contributed by atoms with Crippen LogP contribution in [-0.2, 0) is 17.1 Å². The van der Waals surface area contributed by atoms with Crippen LogP contribution in [0.3, 0.4) is 0 Å². The molecule has 3 aromatic rings. The summed E-state index contributed by atoms with van der Waals surface area (Å²) < 4.78 is 43.5. The van der Waals surface area contributed by atoms with E-state index in [0.717, 1.165) is 0 Å². The third kappa shape index (κ3) is 4.74. The number of nitrogens with one attached hydrogen (secondary N) is 2. The Kier molecular flexibility index (Phi) is 6.33. The second-order valence-electron chi connectivity index (χ2n) is 7.13. The molecule has 0 bridgehead atoms. The van der Waals surface area contributed by atoms with E-state index < -0.39 is 27.8 Å². The van der Waals surface area contributed by atoms with Crippen LogP contribution in [0.4, 0.5) is 4.39 Å². The van der Waals surface area contributed by atoms with E-state index in [4.69, 9.17) is 0 Å². The van der Waals surface area contributed by atoms with Crippen LogP contribution < -0.4 is 10.0 Å². The average Bonchev–Trinajstić information content (AvgIpc) is 3.11. The number of sulfonamides is 1. The molecular weight excluding hydrogens is 407 g/mol. The van der Waals surface area contributed by atoms with Gasteiger partial charge in [-0.3, -0.25) is 4.79 Å². The van der Waals surface area contributed by atoms with Crippen molar-refractivity contribution in [2.45, 2.75) is 30.8 Å². The molecule has 1 heterocycles.